The Bertz CT molecular complexity index is 695. The van der Waals surface area contributed by atoms with Gasteiger partial charge in [0, 0.05) is 18.1 Å². The lowest BCUT2D eigenvalue weighted by Crippen LogP contribution is -2.39. The van der Waals surface area contributed by atoms with Gasteiger partial charge in [0.1, 0.15) is 5.76 Å². The summed E-state index contributed by atoms with van der Waals surface area (Å²) in [6.45, 7) is 1.49. The van der Waals surface area contributed by atoms with E-state index < -0.39 is 6.10 Å². The highest BCUT2D eigenvalue weighted by molar-refractivity contribution is 6.30. The lowest BCUT2D eigenvalue weighted by molar-refractivity contribution is 0.0441. The minimum absolute atomic E-state index is 0. The standard InChI is InChI=1S/C18H21ClN2O3.ClH/c19-14-3-1-12(2-4-14)17(22)13-7-9-21(10-8-13)18(23)16-6-5-15(11-20)24-16;/h1-6,13,17,22H,7-11,20H2;1H. The Morgan fingerprint density at radius 2 is 1.88 bits per heavy atom. The van der Waals surface area contributed by atoms with E-state index in [4.69, 9.17) is 21.8 Å². The normalized spacial score (nSPS) is 16.4. The molecule has 25 heavy (non-hydrogen) atoms. The summed E-state index contributed by atoms with van der Waals surface area (Å²) in [7, 11) is 0. The molecule has 0 bridgehead atoms. The number of hydrogen-bond donors (Lipinski definition) is 2. The van der Waals surface area contributed by atoms with Gasteiger partial charge in [0.25, 0.3) is 5.91 Å². The van der Waals surface area contributed by atoms with Gasteiger partial charge in [0.15, 0.2) is 5.76 Å². The molecule has 2 aromatic rings. The van der Waals surface area contributed by atoms with Crippen LogP contribution in [0.5, 0.6) is 0 Å². The summed E-state index contributed by atoms with van der Waals surface area (Å²) in [5.41, 5.74) is 6.37. The first-order valence-electron chi connectivity index (χ1n) is 8.10. The third kappa shape index (κ3) is 4.55. The molecule has 7 heteroatoms. The van der Waals surface area contributed by atoms with Gasteiger partial charge in [-0.05, 0) is 48.6 Å². The van der Waals surface area contributed by atoms with Crippen LogP contribution in [0.25, 0.3) is 0 Å². The molecular weight excluding hydrogens is 363 g/mol. The van der Waals surface area contributed by atoms with Crippen LogP contribution >= 0.6 is 24.0 Å². The van der Waals surface area contributed by atoms with Gasteiger partial charge >= 0.3 is 0 Å². The Labute approximate surface area is 158 Å². The van der Waals surface area contributed by atoms with Crippen molar-refractivity contribution in [2.24, 2.45) is 11.7 Å². The molecular formula is C18H22Cl2N2O3. The zero-order chi connectivity index (χ0) is 17.1. The second-order valence-corrected chi connectivity index (χ2v) is 6.53. The molecule has 0 saturated carbocycles. The summed E-state index contributed by atoms with van der Waals surface area (Å²) in [6, 6.07) is 10.7. The van der Waals surface area contributed by atoms with E-state index in [-0.39, 0.29) is 30.8 Å². The number of aliphatic hydroxyl groups is 1. The third-order valence-electron chi connectivity index (χ3n) is 4.56. The highest BCUT2D eigenvalue weighted by Gasteiger charge is 2.29. The fraction of sp³-hybridized carbons (Fsp3) is 0.389. The first kappa shape index (κ1) is 19.8. The molecule has 1 aliphatic rings. The monoisotopic (exact) mass is 384 g/mol. The number of amides is 1. The maximum atomic E-state index is 12.4. The summed E-state index contributed by atoms with van der Waals surface area (Å²) in [6.07, 6.45) is 0.965. The highest BCUT2D eigenvalue weighted by Crippen LogP contribution is 2.31. The Morgan fingerprint density at radius 1 is 1.24 bits per heavy atom. The molecule has 1 atom stereocenters. The molecule has 1 amide bonds. The van der Waals surface area contributed by atoms with Crippen LogP contribution in [0.3, 0.4) is 0 Å². The first-order chi connectivity index (χ1) is 11.6. The Morgan fingerprint density at radius 3 is 2.44 bits per heavy atom. The van der Waals surface area contributed by atoms with Crippen molar-refractivity contribution in [1.82, 2.24) is 4.90 Å². The predicted octanol–water partition coefficient (Wildman–Crippen LogP) is 3.40. The second-order valence-electron chi connectivity index (χ2n) is 6.10. The largest absolute Gasteiger partial charge is 0.455 e. The number of aliphatic hydroxyl groups excluding tert-OH is 1. The minimum Gasteiger partial charge on any atom is -0.455 e. The lowest BCUT2D eigenvalue weighted by atomic mass is 9.87. The Balaban J connectivity index is 0.00000225. The zero-order valence-corrected chi connectivity index (χ0v) is 15.3. The van der Waals surface area contributed by atoms with Crippen LogP contribution in [0, 0.1) is 5.92 Å². The van der Waals surface area contributed by atoms with Gasteiger partial charge in [0.05, 0.1) is 12.6 Å². The van der Waals surface area contributed by atoms with Crippen LogP contribution in [-0.4, -0.2) is 29.0 Å². The molecule has 2 heterocycles. The highest BCUT2D eigenvalue weighted by atomic mass is 35.5. The molecule has 1 aliphatic heterocycles. The molecule has 1 aromatic carbocycles. The molecule has 1 unspecified atom stereocenters. The number of halogens is 2. The van der Waals surface area contributed by atoms with E-state index in [1.807, 2.05) is 12.1 Å². The predicted molar refractivity (Wildman–Crippen MR) is 98.9 cm³/mol. The molecule has 5 nitrogen and oxygen atoms in total. The maximum Gasteiger partial charge on any atom is 0.289 e. The third-order valence-corrected chi connectivity index (χ3v) is 4.81. The second kappa shape index (κ2) is 8.72. The topological polar surface area (TPSA) is 79.7 Å². The smallest absolute Gasteiger partial charge is 0.289 e. The van der Waals surface area contributed by atoms with E-state index in [2.05, 4.69) is 0 Å². The maximum absolute atomic E-state index is 12.4. The van der Waals surface area contributed by atoms with Gasteiger partial charge in [-0.1, -0.05) is 23.7 Å². The average Bonchev–Trinajstić information content (AvgIpc) is 3.10. The summed E-state index contributed by atoms with van der Waals surface area (Å²) in [4.78, 5) is 14.2. The minimum atomic E-state index is -0.535. The van der Waals surface area contributed by atoms with Crippen molar-refractivity contribution >= 4 is 29.9 Å². The number of hydrogen-bond acceptors (Lipinski definition) is 4. The number of furan rings is 1. The van der Waals surface area contributed by atoms with Gasteiger partial charge in [-0.3, -0.25) is 4.79 Å². The Hall–Kier alpha value is -1.53. The number of piperidine rings is 1. The molecule has 0 spiro atoms. The van der Waals surface area contributed by atoms with E-state index in [0.29, 0.717) is 29.6 Å². The molecule has 3 N–H and O–H groups in total. The zero-order valence-electron chi connectivity index (χ0n) is 13.7. The number of carbonyl (C=O) groups excluding carboxylic acids is 1. The van der Waals surface area contributed by atoms with Crippen molar-refractivity contribution in [3.63, 3.8) is 0 Å². The first-order valence-corrected chi connectivity index (χ1v) is 8.48. The van der Waals surface area contributed by atoms with Crippen LogP contribution in [0.4, 0.5) is 0 Å². The van der Waals surface area contributed by atoms with Crippen molar-refractivity contribution in [3.05, 3.63) is 58.5 Å². The van der Waals surface area contributed by atoms with Gasteiger partial charge in [-0.25, -0.2) is 0 Å². The fourth-order valence-electron chi connectivity index (χ4n) is 3.11. The molecule has 3 rings (SSSR count). The molecule has 0 aliphatic carbocycles. The number of carbonyl (C=O) groups is 1. The van der Waals surface area contributed by atoms with Crippen molar-refractivity contribution in [2.45, 2.75) is 25.5 Å². The molecule has 0 radical (unpaired) electrons. The molecule has 1 fully saturated rings. The summed E-state index contributed by atoms with van der Waals surface area (Å²) in [5, 5.41) is 11.2. The van der Waals surface area contributed by atoms with E-state index in [1.165, 1.54) is 0 Å². The number of rotatable bonds is 4. The SMILES string of the molecule is Cl.NCc1ccc(C(=O)N2CCC(C(O)c3ccc(Cl)cc3)CC2)o1. The van der Waals surface area contributed by atoms with Gasteiger partial charge in [0.2, 0.25) is 0 Å². The van der Waals surface area contributed by atoms with Crippen LogP contribution in [-0.2, 0) is 6.54 Å². The summed E-state index contributed by atoms with van der Waals surface area (Å²) in [5.74, 6) is 0.944. The van der Waals surface area contributed by atoms with E-state index in [1.54, 1.807) is 29.2 Å². The van der Waals surface area contributed by atoms with Crippen molar-refractivity contribution < 1.29 is 14.3 Å². The summed E-state index contributed by atoms with van der Waals surface area (Å²) < 4.78 is 5.42. The average molecular weight is 385 g/mol. The van der Waals surface area contributed by atoms with Crippen LogP contribution in [0.1, 0.15) is 40.8 Å². The number of nitrogens with two attached hydrogens (primary N) is 1. The van der Waals surface area contributed by atoms with Gasteiger partial charge in [-0.15, -0.1) is 12.4 Å². The molecule has 1 saturated heterocycles. The van der Waals surface area contributed by atoms with Gasteiger partial charge < -0.3 is 20.2 Å². The fourth-order valence-corrected chi connectivity index (χ4v) is 3.23. The number of likely N-dealkylation sites (tertiary alicyclic amines) is 1. The lowest BCUT2D eigenvalue weighted by Gasteiger charge is -2.34. The van der Waals surface area contributed by atoms with Gasteiger partial charge in [-0.2, -0.15) is 0 Å². The molecule has 136 valence electrons. The summed E-state index contributed by atoms with van der Waals surface area (Å²) >= 11 is 5.88. The van der Waals surface area contributed by atoms with Crippen LogP contribution in [0.2, 0.25) is 5.02 Å². The van der Waals surface area contributed by atoms with Crippen molar-refractivity contribution in [2.75, 3.05) is 13.1 Å². The van der Waals surface area contributed by atoms with Crippen molar-refractivity contribution in [1.29, 1.82) is 0 Å². The van der Waals surface area contributed by atoms with E-state index >= 15 is 0 Å². The van der Waals surface area contributed by atoms with Crippen LogP contribution in [0.15, 0.2) is 40.8 Å². The molecule has 1 aromatic heterocycles. The van der Waals surface area contributed by atoms with Crippen molar-refractivity contribution in [3.8, 4) is 0 Å². The Kier molecular flexibility index (Phi) is 6.90. The van der Waals surface area contributed by atoms with Crippen LogP contribution < -0.4 is 5.73 Å². The number of benzene rings is 1. The quantitative estimate of drug-likeness (QED) is 0.846. The van der Waals surface area contributed by atoms with E-state index in [0.717, 1.165) is 18.4 Å². The number of nitrogens with zero attached hydrogens (tertiary/aromatic N) is 1. The van der Waals surface area contributed by atoms with E-state index in [9.17, 15) is 9.90 Å².